The van der Waals surface area contributed by atoms with Gasteiger partial charge in [-0.05, 0) is 62.4 Å². The molecule has 0 radical (unpaired) electrons. The first-order chi connectivity index (χ1) is 15.7. The van der Waals surface area contributed by atoms with Crippen LogP contribution in [0.3, 0.4) is 0 Å². The van der Waals surface area contributed by atoms with Gasteiger partial charge in [-0.25, -0.2) is 9.97 Å². The summed E-state index contributed by atoms with van der Waals surface area (Å²) in [6.45, 7) is 11.9. The van der Waals surface area contributed by atoms with Crippen LogP contribution in [0.15, 0.2) is 30.6 Å². The lowest BCUT2D eigenvalue weighted by Crippen LogP contribution is -2.30. The molecule has 0 saturated heterocycles. The SMILES string of the molecule is CC(C)NC(=O)c1cn(COCC[Si](C)(C)C)c2ncc(Oc3ccc4c(c3)CCC4)nc12. The molecule has 33 heavy (non-hydrogen) atoms. The monoisotopic (exact) mass is 466 g/mol. The van der Waals surface area contributed by atoms with E-state index in [4.69, 9.17) is 9.47 Å². The van der Waals surface area contributed by atoms with Gasteiger partial charge in [0, 0.05) is 26.9 Å². The van der Waals surface area contributed by atoms with Crippen LogP contribution in [-0.4, -0.2) is 41.2 Å². The molecule has 0 bridgehead atoms. The van der Waals surface area contributed by atoms with Gasteiger partial charge in [-0.1, -0.05) is 25.7 Å². The lowest BCUT2D eigenvalue weighted by atomic mass is 10.1. The Morgan fingerprint density at radius 1 is 1.21 bits per heavy atom. The van der Waals surface area contributed by atoms with E-state index in [1.54, 1.807) is 12.4 Å². The molecule has 0 unspecified atom stereocenters. The number of nitrogens with zero attached hydrogens (tertiary/aromatic N) is 3. The Morgan fingerprint density at radius 3 is 2.76 bits per heavy atom. The third kappa shape index (κ3) is 5.81. The number of hydrogen-bond acceptors (Lipinski definition) is 5. The van der Waals surface area contributed by atoms with Crippen molar-refractivity contribution in [2.24, 2.45) is 0 Å². The molecule has 1 aromatic carbocycles. The van der Waals surface area contributed by atoms with E-state index in [9.17, 15) is 4.79 Å². The number of amides is 1. The quantitative estimate of drug-likeness (QED) is 0.348. The fourth-order valence-corrected chi connectivity index (χ4v) is 4.72. The van der Waals surface area contributed by atoms with Gasteiger partial charge < -0.3 is 19.4 Å². The maximum absolute atomic E-state index is 12.9. The zero-order valence-electron chi connectivity index (χ0n) is 20.3. The summed E-state index contributed by atoms with van der Waals surface area (Å²) in [6.07, 6.45) is 6.78. The van der Waals surface area contributed by atoms with Gasteiger partial charge in [-0.15, -0.1) is 0 Å². The Labute approximate surface area is 196 Å². The summed E-state index contributed by atoms with van der Waals surface area (Å²) >= 11 is 0. The molecule has 8 heteroatoms. The predicted octanol–water partition coefficient (Wildman–Crippen LogP) is 5.16. The average molecular weight is 467 g/mol. The van der Waals surface area contributed by atoms with Crippen molar-refractivity contribution < 1.29 is 14.3 Å². The van der Waals surface area contributed by atoms with Crippen molar-refractivity contribution in [1.29, 1.82) is 0 Å². The van der Waals surface area contributed by atoms with Gasteiger partial charge in [-0.2, -0.15) is 0 Å². The second kappa shape index (κ2) is 9.65. The zero-order valence-corrected chi connectivity index (χ0v) is 21.3. The van der Waals surface area contributed by atoms with Gasteiger partial charge in [0.15, 0.2) is 5.65 Å². The highest BCUT2D eigenvalue weighted by Gasteiger charge is 2.20. The van der Waals surface area contributed by atoms with Crippen LogP contribution in [0.4, 0.5) is 0 Å². The molecule has 0 aliphatic heterocycles. The first-order valence-corrected chi connectivity index (χ1v) is 15.4. The van der Waals surface area contributed by atoms with Crippen molar-refractivity contribution in [3.8, 4) is 11.6 Å². The van der Waals surface area contributed by atoms with Gasteiger partial charge in [0.25, 0.3) is 5.91 Å². The molecule has 7 nitrogen and oxygen atoms in total. The fourth-order valence-electron chi connectivity index (χ4n) is 3.96. The van der Waals surface area contributed by atoms with Crippen molar-refractivity contribution in [1.82, 2.24) is 19.9 Å². The minimum atomic E-state index is -1.17. The van der Waals surface area contributed by atoms with E-state index >= 15 is 0 Å². The van der Waals surface area contributed by atoms with E-state index in [0.717, 1.165) is 24.6 Å². The molecule has 0 spiro atoms. The summed E-state index contributed by atoms with van der Waals surface area (Å²) < 4.78 is 13.8. The number of aryl methyl sites for hydroxylation is 2. The van der Waals surface area contributed by atoms with E-state index < -0.39 is 8.07 Å². The maximum Gasteiger partial charge on any atom is 0.255 e. The summed E-state index contributed by atoms with van der Waals surface area (Å²) in [4.78, 5) is 22.1. The molecule has 1 aliphatic rings. The number of aromatic nitrogens is 3. The fraction of sp³-hybridized carbons (Fsp3) is 0.480. The molecule has 4 rings (SSSR count). The Kier molecular flexibility index (Phi) is 6.85. The summed E-state index contributed by atoms with van der Waals surface area (Å²) in [5, 5.41) is 2.95. The first-order valence-electron chi connectivity index (χ1n) is 11.7. The van der Waals surface area contributed by atoms with E-state index in [1.165, 1.54) is 17.5 Å². The number of nitrogens with one attached hydrogen (secondary N) is 1. The number of rotatable bonds is 9. The van der Waals surface area contributed by atoms with Crippen molar-refractivity contribution in [3.63, 3.8) is 0 Å². The highest BCUT2D eigenvalue weighted by atomic mass is 28.3. The third-order valence-corrected chi connectivity index (χ3v) is 7.43. The van der Waals surface area contributed by atoms with Crippen molar-refractivity contribution in [3.05, 3.63) is 47.3 Å². The van der Waals surface area contributed by atoms with Crippen LogP contribution in [0.5, 0.6) is 11.6 Å². The number of fused-ring (bicyclic) bond motifs is 2. The lowest BCUT2D eigenvalue weighted by molar-refractivity contribution is 0.0890. The molecule has 0 atom stereocenters. The smallest absolute Gasteiger partial charge is 0.255 e. The van der Waals surface area contributed by atoms with Crippen molar-refractivity contribution in [2.75, 3.05) is 6.61 Å². The van der Waals surface area contributed by atoms with Gasteiger partial charge in [0.2, 0.25) is 5.88 Å². The maximum atomic E-state index is 12.9. The molecule has 2 heterocycles. The summed E-state index contributed by atoms with van der Waals surface area (Å²) in [7, 11) is -1.17. The predicted molar refractivity (Wildman–Crippen MR) is 133 cm³/mol. The van der Waals surface area contributed by atoms with Crippen molar-refractivity contribution >= 4 is 25.1 Å². The number of carbonyl (C=O) groups excluding carboxylic acids is 1. The summed E-state index contributed by atoms with van der Waals surface area (Å²) in [5.74, 6) is 0.933. The average Bonchev–Trinajstić information content (AvgIpc) is 3.34. The highest BCUT2D eigenvalue weighted by Crippen LogP contribution is 2.29. The largest absolute Gasteiger partial charge is 0.437 e. The summed E-state index contributed by atoms with van der Waals surface area (Å²) in [6, 6.07) is 7.28. The van der Waals surface area contributed by atoms with E-state index in [-0.39, 0.29) is 11.9 Å². The topological polar surface area (TPSA) is 78.3 Å². The zero-order chi connectivity index (χ0) is 23.6. The standard InChI is InChI=1S/C25H34N4O3Si/c1-17(2)27-25(30)21-15-29(16-31-11-12-33(3,4)5)24-23(21)28-22(14-26-24)32-20-10-9-18-7-6-8-19(18)13-20/h9-10,13-15,17H,6-8,11-12,16H2,1-5H3,(H,27,30). The van der Waals surface area contributed by atoms with Crippen molar-refractivity contribution in [2.45, 2.75) is 71.6 Å². The van der Waals surface area contributed by atoms with Crippen LogP contribution in [0.2, 0.25) is 25.7 Å². The van der Waals surface area contributed by atoms with Crippen LogP contribution in [0.25, 0.3) is 11.2 Å². The lowest BCUT2D eigenvalue weighted by Gasteiger charge is -2.15. The summed E-state index contributed by atoms with van der Waals surface area (Å²) in [5.41, 5.74) is 4.32. The Morgan fingerprint density at radius 2 is 2.00 bits per heavy atom. The van der Waals surface area contributed by atoms with Gasteiger partial charge >= 0.3 is 0 Å². The molecule has 0 saturated carbocycles. The first kappa shape index (κ1) is 23.4. The third-order valence-electron chi connectivity index (χ3n) is 5.73. The van der Waals surface area contributed by atoms with E-state index in [1.807, 2.05) is 24.5 Å². The molecule has 176 valence electrons. The second-order valence-electron chi connectivity index (χ2n) is 10.3. The Bertz CT molecular complexity index is 1150. The molecule has 1 aliphatic carbocycles. The molecular formula is C25H34N4O3Si. The van der Waals surface area contributed by atoms with E-state index in [2.05, 4.69) is 47.1 Å². The number of hydrogen-bond donors (Lipinski definition) is 1. The van der Waals surface area contributed by atoms with E-state index in [0.29, 0.717) is 35.9 Å². The second-order valence-corrected chi connectivity index (χ2v) is 15.9. The van der Waals surface area contributed by atoms with Gasteiger partial charge in [-0.3, -0.25) is 4.79 Å². The van der Waals surface area contributed by atoms with Crippen LogP contribution in [-0.2, 0) is 24.3 Å². The van der Waals surface area contributed by atoms with Crippen LogP contribution in [0, 0.1) is 0 Å². The molecular weight excluding hydrogens is 432 g/mol. The molecule has 1 amide bonds. The van der Waals surface area contributed by atoms with Crippen LogP contribution < -0.4 is 10.1 Å². The number of carbonyl (C=O) groups is 1. The Hall–Kier alpha value is -2.71. The molecule has 3 aromatic rings. The molecule has 1 N–H and O–H groups in total. The van der Waals surface area contributed by atoms with Gasteiger partial charge in [0.05, 0.1) is 11.8 Å². The number of ether oxygens (including phenoxy) is 2. The highest BCUT2D eigenvalue weighted by molar-refractivity contribution is 6.76. The normalized spacial score (nSPS) is 13.5. The Balaban J connectivity index is 1.59. The van der Waals surface area contributed by atoms with Crippen LogP contribution >= 0.6 is 0 Å². The molecule has 2 aromatic heterocycles. The minimum absolute atomic E-state index is 0.0164. The van der Waals surface area contributed by atoms with Gasteiger partial charge in [0.1, 0.15) is 18.0 Å². The minimum Gasteiger partial charge on any atom is -0.437 e. The van der Waals surface area contributed by atoms with Crippen LogP contribution in [0.1, 0.15) is 41.8 Å². The number of benzene rings is 1. The molecule has 0 fully saturated rings.